The van der Waals surface area contributed by atoms with Crippen LogP contribution in [0, 0.1) is 5.92 Å². The lowest BCUT2D eigenvalue weighted by atomic mass is 9.87. The first-order chi connectivity index (χ1) is 6.62. The van der Waals surface area contributed by atoms with E-state index in [0.717, 1.165) is 22.4 Å². The molecule has 1 fully saturated rings. The highest BCUT2D eigenvalue weighted by molar-refractivity contribution is 9.10. The first kappa shape index (κ1) is 10.6. The molecule has 2 unspecified atom stereocenters. The third-order valence-electron chi connectivity index (χ3n) is 2.80. The Bertz CT molecular complexity index is 316. The minimum absolute atomic E-state index is 0.220. The molecule has 1 saturated heterocycles. The molecule has 0 aromatic carbocycles. The fourth-order valence-electron chi connectivity index (χ4n) is 1.82. The molecule has 0 spiro atoms. The molecular weight excluding hydrogens is 264 g/mol. The number of rotatable bonds is 2. The summed E-state index contributed by atoms with van der Waals surface area (Å²) in [7, 11) is 0. The maximum Gasteiger partial charge on any atom is 0.102 e. The summed E-state index contributed by atoms with van der Waals surface area (Å²) in [4.78, 5) is 1.01. The summed E-state index contributed by atoms with van der Waals surface area (Å²) in [5.74, 6) is 0.220. The maximum atomic E-state index is 10.5. The molecule has 2 rings (SSSR count). The molecule has 2 atom stereocenters. The smallest absolute Gasteiger partial charge is 0.102 e. The van der Waals surface area contributed by atoms with Gasteiger partial charge in [0.05, 0.1) is 11.5 Å². The molecule has 0 aliphatic carbocycles. The van der Waals surface area contributed by atoms with Gasteiger partial charge in [-0.1, -0.05) is 0 Å². The van der Waals surface area contributed by atoms with Gasteiger partial charge in [0.2, 0.25) is 0 Å². The molecule has 1 N–H and O–H groups in total. The second-order valence-corrected chi connectivity index (χ2v) is 5.58. The van der Waals surface area contributed by atoms with E-state index in [1.54, 1.807) is 11.3 Å². The van der Waals surface area contributed by atoms with E-state index in [9.17, 15) is 5.11 Å². The van der Waals surface area contributed by atoms with E-state index < -0.39 is 5.60 Å². The van der Waals surface area contributed by atoms with E-state index in [1.807, 2.05) is 18.4 Å². The van der Waals surface area contributed by atoms with Crippen LogP contribution in [0.2, 0.25) is 0 Å². The van der Waals surface area contributed by atoms with E-state index in [2.05, 4.69) is 15.9 Å². The van der Waals surface area contributed by atoms with Crippen molar-refractivity contribution in [3.8, 4) is 0 Å². The van der Waals surface area contributed by atoms with E-state index in [4.69, 9.17) is 4.74 Å². The standard InChI is InChI=1S/C10H13BrO2S/c1-10(12,7-2-4-13-6-7)9-8(11)3-5-14-9/h3,5,7,12H,2,4,6H2,1H3. The lowest BCUT2D eigenvalue weighted by Crippen LogP contribution is -2.31. The van der Waals surface area contributed by atoms with Gasteiger partial charge >= 0.3 is 0 Å². The number of thiophene rings is 1. The molecule has 2 nitrogen and oxygen atoms in total. The Morgan fingerprint density at radius 3 is 3.00 bits per heavy atom. The van der Waals surface area contributed by atoms with Crippen molar-refractivity contribution in [1.29, 1.82) is 0 Å². The van der Waals surface area contributed by atoms with E-state index in [0.29, 0.717) is 6.61 Å². The third-order valence-corrected chi connectivity index (χ3v) is 4.87. The van der Waals surface area contributed by atoms with Gasteiger partial charge in [-0.25, -0.2) is 0 Å². The summed E-state index contributed by atoms with van der Waals surface area (Å²) in [6.45, 7) is 3.31. The van der Waals surface area contributed by atoms with E-state index >= 15 is 0 Å². The fourth-order valence-corrected chi connectivity index (χ4v) is 3.73. The van der Waals surface area contributed by atoms with Crippen LogP contribution in [0.1, 0.15) is 18.2 Å². The van der Waals surface area contributed by atoms with E-state index in [1.165, 1.54) is 0 Å². The van der Waals surface area contributed by atoms with Gasteiger partial charge in [-0.3, -0.25) is 0 Å². The van der Waals surface area contributed by atoms with Crippen LogP contribution >= 0.6 is 27.3 Å². The first-order valence-corrected chi connectivity index (χ1v) is 6.33. The van der Waals surface area contributed by atoms with Crippen LogP contribution in [0.3, 0.4) is 0 Å². The normalized spacial score (nSPS) is 26.4. The monoisotopic (exact) mass is 276 g/mol. The van der Waals surface area contributed by atoms with Gasteiger partial charge in [0.25, 0.3) is 0 Å². The minimum atomic E-state index is -0.760. The molecule has 0 radical (unpaired) electrons. The fraction of sp³-hybridized carbons (Fsp3) is 0.600. The zero-order chi connectivity index (χ0) is 10.2. The van der Waals surface area contributed by atoms with Crippen LogP contribution in [-0.2, 0) is 10.3 Å². The Kier molecular flexibility index (Phi) is 2.98. The SMILES string of the molecule is CC(O)(c1sccc1Br)C1CCOC1. The Hall–Kier alpha value is 0.1000. The van der Waals surface area contributed by atoms with Crippen molar-refractivity contribution in [2.24, 2.45) is 5.92 Å². The largest absolute Gasteiger partial charge is 0.384 e. The van der Waals surface area contributed by atoms with Gasteiger partial charge in [-0.2, -0.15) is 0 Å². The summed E-state index contributed by atoms with van der Waals surface area (Å²) < 4.78 is 6.31. The van der Waals surface area contributed by atoms with Crippen LogP contribution in [0.25, 0.3) is 0 Å². The molecule has 0 amide bonds. The Morgan fingerprint density at radius 1 is 1.71 bits per heavy atom. The van der Waals surface area contributed by atoms with Crippen LogP contribution in [0.4, 0.5) is 0 Å². The third kappa shape index (κ3) is 1.76. The summed E-state index contributed by atoms with van der Waals surface area (Å²) in [5, 5.41) is 12.4. The molecule has 2 heterocycles. The molecule has 4 heteroatoms. The average molecular weight is 277 g/mol. The van der Waals surface area contributed by atoms with Crippen molar-refractivity contribution in [2.75, 3.05) is 13.2 Å². The number of aliphatic hydroxyl groups is 1. The molecule has 14 heavy (non-hydrogen) atoms. The van der Waals surface area contributed by atoms with Crippen LogP contribution in [-0.4, -0.2) is 18.3 Å². The minimum Gasteiger partial charge on any atom is -0.384 e. The molecule has 1 aromatic heterocycles. The topological polar surface area (TPSA) is 29.5 Å². The predicted octanol–water partition coefficient (Wildman–Crippen LogP) is 2.75. The highest BCUT2D eigenvalue weighted by Crippen LogP contribution is 2.40. The molecule has 1 aliphatic heterocycles. The van der Waals surface area contributed by atoms with Crippen LogP contribution in [0.15, 0.2) is 15.9 Å². The lowest BCUT2D eigenvalue weighted by Gasteiger charge is -2.28. The van der Waals surface area contributed by atoms with Gasteiger partial charge in [0.15, 0.2) is 0 Å². The van der Waals surface area contributed by atoms with Crippen molar-refractivity contribution >= 4 is 27.3 Å². The average Bonchev–Trinajstić information content (AvgIpc) is 2.72. The summed E-state index contributed by atoms with van der Waals surface area (Å²) in [5.41, 5.74) is -0.760. The van der Waals surface area contributed by atoms with E-state index in [-0.39, 0.29) is 5.92 Å². The number of hydrogen-bond acceptors (Lipinski definition) is 3. The van der Waals surface area contributed by atoms with Gasteiger partial charge in [0, 0.05) is 17.0 Å². The second-order valence-electron chi connectivity index (χ2n) is 3.81. The van der Waals surface area contributed by atoms with Crippen molar-refractivity contribution < 1.29 is 9.84 Å². The number of hydrogen-bond donors (Lipinski definition) is 1. The summed E-state index contributed by atoms with van der Waals surface area (Å²) in [6, 6.07) is 1.98. The number of halogens is 1. The molecule has 1 aliphatic rings. The van der Waals surface area contributed by atoms with Crippen molar-refractivity contribution in [3.63, 3.8) is 0 Å². The van der Waals surface area contributed by atoms with Gasteiger partial charge in [0.1, 0.15) is 5.60 Å². The van der Waals surface area contributed by atoms with Crippen molar-refractivity contribution in [3.05, 3.63) is 20.8 Å². The highest BCUT2D eigenvalue weighted by atomic mass is 79.9. The van der Waals surface area contributed by atoms with Crippen molar-refractivity contribution in [1.82, 2.24) is 0 Å². The molecule has 1 aromatic rings. The molecular formula is C10H13BrO2S. The Morgan fingerprint density at radius 2 is 2.50 bits per heavy atom. The zero-order valence-electron chi connectivity index (χ0n) is 8.00. The quantitative estimate of drug-likeness (QED) is 0.900. The summed E-state index contributed by atoms with van der Waals surface area (Å²) in [6.07, 6.45) is 0.942. The summed E-state index contributed by atoms with van der Waals surface area (Å²) >= 11 is 5.05. The molecule has 78 valence electrons. The molecule has 0 saturated carbocycles. The van der Waals surface area contributed by atoms with Crippen LogP contribution in [0.5, 0.6) is 0 Å². The van der Waals surface area contributed by atoms with Gasteiger partial charge in [-0.15, -0.1) is 11.3 Å². The van der Waals surface area contributed by atoms with Gasteiger partial charge in [-0.05, 0) is 40.7 Å². The van der Waals surface area contributed by atoms with Gasteiger partial charge < -0.3 is 9.84 Å². The Labute approximate surface area is 96.0 Å². The predicted molar refractivity (Wildman–Crippen MR) is 60.5 cm³/mol. The number of ether oxygens (including phenoxy) is 1. The van der Waals surface area contributed by atoms with Crippen molar-refractivity contribution in [2.45, 2.75) is 18.9 Å². The Balaban J connectivity index is 2.26. The highest BCUT2D eigenvalue weighted by Gasteiger charge is 2.38. The van der Waals surface area contributed by atoms with Crippen LogP contribution < -0.4 is 0 Å². The molecule has 0 bridgehead atoms. The zero-order valence-corrected chi connectivity index (χ0v) is 10.4. The first-order valence-electron chi connectivity index (χ1n) is 4.66. The second kappa shape index (κ2) is 3.93. The lowest BCUT2D eigenvalue weighted by molar-refractivity contribution is -0.00701. The maximum absolute atomic E-state index is 10.5.